The Morgan fingerprint density at radius 3 is 1.14 bits per heavy atom. The Morgan fingerprint density at radius 1 is 0.500 bits per heavy atom. The molecule has 36 heavy (non-hydrogen) atoms. The SMILES string of the molecule is CC(C)(C)c1ccc(-c2ccnc3c2ccc2c(-c4ccc(C(C)(C)C)cc4)ccnc23)cc1.[Cl][Re]. The van der Waals surface area contributed by atoms with E-state index in [9.17, 15) is 0 Å². The number of rotatable bonds is 2. The maximum atomic E-state index is 4.77. The van der Waals surface area contributed by atoms with Crippen molar-refractivity contribution in [1.29, 1.82) is 0 Å². The Hall–Kier alpha value is -2.57. The molecule has 5 rings (SSSR count). The van der Waals surface area contributed by atoms with Gasteiger partial charge < -0.3 is 0 Å². The van der Waals surface area contributed by atoms with Gasteiger partial charge >= 0.3 is 27.7 Å². The molecule has 2 nitrogen and oxygen atoms in total. The van der Waals surface area contributed by atoms with Crippen LogP contribution in [0.1, 0.15) is 52.7 Å². The first kappa shape index (κ1) is 26.5. The minimum absolute atomic E-state index is 0.139. The molecule has 0 fully saturated rings. The van der Waals surface area contributed by atoms with Crippen LogP contribution in [0.3, 0.4) is 0 Å². The third kappa shape index (κ3) is 5.25. The summed E-state index contributed by atoms with van der Waals surface area (Å²) in [5, 5.41) is 2.26. The zero-order chi connectivity index (χ0) is 26.1. The molecule has 0 aliphatic heterocycles. The topological polar surface area (TPSA) is 25.8 Å². The van der Waals surface area contributed by atoms with E-state index < -0.39 is 0 Å². The van der Waals surface area contributed by atoms with E-state index in [0.717, 1.165) is 21.8 Å². The summed E-state index contributed by atoms with van der Waals surface area (Å²) in [6, 6.07) is 26.4. The quantitative estimate of drug-likeness (QED) is 0.176. The molecule has 5 aromatic rings. The van der Waals surface area contributed by atoms with Crippen molar-refractivity contribution >= 4 is 31.3 Å². The van der Waals surface area contributed by atoms with E-state index in [0.29, 0.717) is 0 Å². The number of hydrogen-bond acceptors (Lipinski definition) is 2. The number of nitrogens with zero attached hydrogens (tertiary/aromatic N) is 2. The van der Waals surface area contributed by atoms with E-state index in [1.54, 1.807) is 0 Å². The third-order valence-electron chi connectivity index (χ3n) is 6.75. The summed E-state index contributed by atoms with van der Waals surface area (Å²) in [6.45, 7) is 13.5. The Kier molecular flexibility index (Phi) is 7.67. The molecule has 0 spiro atoms. The fourth-order valence-electron chi connectivity index (χ4n) is 4.63. The van der Waals surface area contributed by atoms with Gasteiger partial charge in [-0.3, -0.25) is 9.97 Å². The molecular weight excluding hydrogens is 634 g/mol. The van der Waals surface area contributed by atoms with Crippen molar-refractivity contribution in [3.63, 3.8) is 0 Å². The number of aromatic nitrogens is 2. The molecule has 0 N–H and O–H groups in total. The number of hydrogen-bond donors (Lipinski definition) is 0. The van der Waals surface area contributed by atoms with Gasteiger partial charge in [0.1, 0.15) is 0 Å². The maximum absolute atomic E-state index is 4.77. The van der Waals surface area contributed by atoms with Crippen molar-refractivity contribution in [3.8, 4) is 22.3 Å². The Bertz CT molecular complexity index is 1380. The van der Waals surface area contributed by atoms with Crippen molar-refractivity contribution < 1.29 is 18.2 Å². The number of halogens is 1. The zero-order valence-electron chi connectivity index (χ0n) is 21.7. The van der Waals surface area contributed by atoms with Crippen LogP contribution in [0.25, 0.3) is 44.1 Å². The van der Waals surface area contributed by atoms with Crippen LogP contribution in [0, 0.1) is 0 Å². The summed E-state index contributed by atoms with van der Waals surface area (Å²) in [7, 11) is 4.69. The van der Waals surface area contributed by atoms with Crippen molar-refractivity contribution in [2.45, 2.75) is 52.4 Å². The Morgan fingerprint density at radius 2 is 0.833 bits per heavy atom. The molecule has 3 aromatic carbocycles. The molecule has 0 amide bonds. The van der Waals surface area contributed by atoms with Gasteiger partial charge in [0, 0.05) is 23.2 Å². The number of pyridine rings is 2. The second-order valence-electron chi connectivity index (χ2n) is 11.2. The van der Waals surface area contributed by atoms with E-state index in [1.807, 2.05) is 12.4 Å². The minimum atomic E-state index is 0.139. The van der Waals surface area contributed by atoms with Crippen LogP contribution in [0.15, 0.2) is 85.2 Å². The monoisotopic (exact) mass is 666 g/mol. The predicted octanol–water partition coefficient (Wildman–Crippen LogP) is 9.40. The molecule has 0 bridgehead atoms. The third-order valence-corrected chi connectivity index (χ3v) is 6.75. The van der Waals surface area contributed by atoms with Crippen LogP contribution in [0.5, 0.6) is 0 Å². The van der Waals surface area contributed by atoms with Crippen molar-refractivity contribution in [1.82, 2.24) is 9.97 Å². The van der Waals surface area contributed by atoms with Gasteiger partial charge in [0.25, 0.3) is 0 Å². The molecule has 2 aromatic heterocycles. The molecule has 0 aliphatic carbocycles. The van der Waals surface area contributed by atoms with Gasteiger partial charge in [-0.05, 0) is 56.3 Å². The average molecular weight is 666 g/mol. The summed E-state index contributed by atoms with van der Waals surface area (Å²) < 4.78 is 0. The normalized spacial score (nSPS) is 11.9. The summed E-state index contributed by atoms with van der Waals surface area (Å²) in [6.07, 6.45) is 3.81. The van der Waals surface area contributed by atoms with Crippen LogP contribution in [-0.2, 0) is 29.0 Å². The summed E-state index contributed by atoms with van der Waals surface area (Å²) >= 11 is 1.19. The van der Waals surface area contributed by atoms with Crippen LogP contribution in [0.4, 0.5) is 0 Å². The first-order valence-electron chi connectivity index (χ1n) is 12.2. The molecule has 2 heterocycles. The molecule has 184 valence electrons. The average Bonchev–Trinajstić information content (AvgIpc) is 2.88. The van der Waals surface area contributed by atoms with Gasteiger partial charge in [0.2, 0.25) is 0 Å². The van der Waals surface area contributed by atoms with Crippen molar-refractivity contribution in [2.75, 3.05) is 0 Å². The molecule has 0 radical (unpaired) electrons. The van der Waals surface area contributed by atoms with Crippen molar-refractivity contribution in [3.05, 3.63) is 96.3 Å². The molecule has 0 unspecified atom stereocenters. The second kappa shape index (κ2) is 10.4. The fourth-order valence-corrected chi connectivity index (χ4v) is 4.63. The van der Waals surface area contributed by atoms with Gasteiger partial charge in [0.15, 0.2) is 0 Å². The first-order chi connectivity index (χ1) is 17.1. The predicted molar refractivity (Wildman–Crippen MR) is 151 cm³/mol. The fraction of sp³-hybridized carbons (Fsp3) is 0.250. The molecule has 0 saturated carbocycles. The molecule has 0 atom stereocenters. The van der Waals surface area contributed by atoms with E-state index in [-0.39, 0.29) is 10.8 Å². The van der Waals surface area contributed by atoms with Crippen molar-refractivity contribution in [2.24, 2.45) is 0 Å². The molecular formula is C32H32ClN2Re. The standard InChI is InChI=1S/C32H32N2.ClH.Re/c1-31(2,3)23-11-7-21(8-12-23)25-17-19-33-29-27(25)15-16-28-26(18-20-34-30(28)29)22-9-13-24(14-10-22)32(4,5)6;;/h7-20H,1-6H3;1H;/q;;+1/p-1. The van der Waals surface area contributed by atoms with Crippen LogP contribution < -0.4 is 0 Å². The van der Waals surface area contributed by atoms with Gasteiger partial charge in [-0.15, -0.1) is 0 Å². The summed E-state index contributed by atoms with van der Waals surface area (Å²) in [4.78, 5) is 9.54. The van der Waals surface area contributed by atoms with E-state index >= 15 is 0 Å². The van der Waals surface area contributed by atoms with Gasteiger partial charge in [-0.1, -0.05) is 102 Å². The van der Waals surface area contributed by atoms with Gasteiger partial charge in [-0.2, -0.15) is 0 Å². The molecule has 0 aliphatic rings. The van der Waals surface area contributed by atoms with Crippen LogP contribution in [-0.4, -0.2) is 9.97 Å². The number of benzene rings is 3. The van der Waals surface area contributed by atoms with Gasteiger partial charge in [0.05, 0.1) is 11.0 Å². The summed E-state index contributed by atoms with van der Waals surface area (Å²) in [5.41, 5.74) is 9.63. The van der Waals surface area contributed by atoms with Crippen LogP contribution in [0.2, 0.25) is 0 Å². The first-order valence-corrected chi connectivity index (χ1v) is 15.5. The Balaban J connectivity index is 0.00000148. The molecule has 4 heteroatoms. The van der Waals surface area contributed by atoms with Gasteiger partial charge in [-0.25, -0.2) is 0 Å². The Labute approximate surface area is 229 Å². The molecule has 0 saturated heterocycles. The van der Waals surface area contributed by atoms with E-state index in [2.05, 4.69) is 114 Å². The second-order valence-corrected chi connectivity index (χ2v) is 11.2. The number of fused-ring (bicyclic) bond motifs is 3. The zero-order valence-corrected chi connectivity index (χ0v) is 25.2. The summed E-state index contributed by atoms with van der Waals surface area (Å²) in [5.74, 6) is 0. The van der Waals surface area contributed by atoms with E-state index in [4.69, 9.17) is 19.5 Å². The van der Waals surface area contributed by atoms with Crippen LogP contribution >= 0.6 is 9.53 Å². The van der Waals surface area contributed by atoms with E-state index in [1.165, 1.54) is 51.6 Å².